The lowest BCUT2D eigenvalue weighted by Crippen LogP contribution is -2.41. The summed E-state index contributed by atoms with van der Waals surface area (Å²) in [6, 6.07) is 4.35. The van der Waals surface area contributed by atoms with E-state index in [4.69, 9.17) is 10.5 Å². The summed E-state index contributed by atoms with van der Waals surface area (Å²) in [5, 5.41) is 0. The average Bonchev–Trinajstić information content (AvgIpc) is 2.79. The van der Waals surface area contributed by atoms with Crippen molar-refractivity contribution in [2.24, 2.45) is 5.73 Å². The Morgan fingerprint density at radius 3 is 2.88 bits per heavy atom. The van der Waals surface area contributed by atoms with Crippen LogP contribution in [0.1, 0.15) is 43.4 Å². The lowest BCUT2D eigenvalue weighted by atomic mass is 9.93. The molecule has 2 aliphatic rings. The quantitative estimate of drug-likeness (QED) is 0.850. The fraction of sp³-hybridized carbons (Fsp3) is 0.643. The van der Waals surface area contributed by atoms with Gasteiger partial charge in [-0.1, -0.05) is 12.5 Å². The third-order valence-corrected chi connectivity index (χ3v) is 3.93. The number of pyridine rings is 1. The van der Waals surface area contributed by atoms with Gasteiger partial charge in [0.05, 0.1) is 0 Å². The molecular weight excluding hydrogens is 212 g/mol. The van der Waals surface area contributed by atoms with E-state index in [2.05, 4.69) is 11.1 Å². The van der Waals surface area contributed by atoms with Crippen molar-refractivity contribution in [3.05, 3.63) is 23.4 Å². The molecule has 2 N–H and O–H groups in total. The number of rotatable bonds is 2. The van der Waals surface area contributed by atoms with E-state index in [1.54, 1.807) is 0 Å². The summed E-state index contributed by atoms with van der Waals surface area (Å²) in [6.07, 6.45) is 8.27. The van der Waals surface area contributed by atoms with Crippen molar-refractivity contribution in [1.29, 1.82) is 0 Å². The first-order chi connectivity index (χ1) is 8.33. The Kier molecular flexibility index (Phi) is 3.02. The average molecular weight is 232 g/mol. The minimum atomic E-state index is 0.163. The topological polar surface area (TPSA) is 48.1 Å². The molecule has 0 saturated heterocycles. The SMILES string of the molecule is NC1CCCCC1Oc1ccc2c(n1)CCC2. The molecule has 3 rings (SSSR count). The van der Waals surface area contributed by atoms with Crippen LogP contribution in [0.5, 0.6) is 5.88 Å². The molecule has 92 valence electrons. The molecule has 1 fully saturated rings. The highest BCUT2D eigenvalue weighted by molar-refractivity contribution is 5.29. The third-order valence-electron chi connectivity index (χ3n) is 3.93. The van der Waals surface area contributed by atoms with Gasteiger partial charge in [-0.05, 0) is 44.1 Å². The Hall–Kier alpha value is -1.09. The minimum Gasteiger partial charge on any atom is -0.473 e. The number of hydrogen-bond donors (Lipinski definition) is 1. The number of fused-ring (bicyclic) bond motifs is 1. The Morgan fingerprint density at radius 2 is 2.00 bits per heavy atom. The zero-order valence-electron chi connectivity index (χ0n) is 10.2. The lowest BCUT2D eigenvalue weighted by molar-refractivity contribution is 0.126. The summed E-state index contributed by atoms with van der Waals surface area (Å²) in [4.78, 5) is 4.60. The molecule has 3 heteroatoms. The van der Waals surface area contributed by atoms with E-state index in [9.17, 15) is 0 Å². The van der Waals surface area contributed by atoms with E-state index in [0.717, 1.165) is 25.1 Å². The van der Waals surface area contributed by atoms with Gasteiger partial charge in [-0.3, -0.25) is 0 Å². The predicted molar refractivity (Wildman–Crippen MR) is 67.1 cm³/mol. The van der Waals surface area contributed by atoms with Gasteiger partial charge in [0.1, 0.15) is 6.10 Å². The molecule has 3 nitrogen and oxygen atoms in total. The Labute approximate surface area is 102 Å². The van der Waals surface area contributed by atoms with Crippen molar-refractivity contribution >= 4 is 0 Å². The molecule has 0 radical (unpaired) electrons. The molecule has 1 aromatic rings. The summed E-state index contributed by atoms with van der Waals surface area (Å²) in [7, 11) is 0. The van der Waals surface area contributed by atoms with Crippen molar-refractivity contribution in [2.75, 3.05) is 0 Å². The zero-order chi connectivity index (χ0) is 11.7. The number of nitrogens with two attached hydrogens (primary N) is 1. The van der Waals surface area contributed by atoms with Crippen LogP contribution >= 0.6 is 0 Å². The highest BCUT2D eigenvalue weighted by Crippen LogP contribution is 2.25. The van der Waals surface area contributed by atoms with E-state index in [-0.39, 0.29) is 12.1 Å². The second kappa shape index (κ2) is 4.65. The van der Waals surface area contributed by atoms with Crippen molar-refractivity contribution in [2.45, 2.75) is 57.1 Å². The fourth-order valence-electron chi connectivity index (χ4n) is 2.89. The lowest BCUT2D eigenvalue weighted by Gasteiger charge is -2.28. The van der Waals surface area contributed by atoms with Crippen molar-refractivity contribution in [1.82, 2.24) is 4.98 Å². The molecule has 2 atom stereocenters. The number of aryl methyl sites for hydroxylation is 2. The third kappa shape index (κ3) is 2.29. The van der Waals surface area contributed by atoms with Crippen LogP contribution in [-0.4, -0.2) is 17.1 Å². The molecule has 2 unspecified atom stereocenters. The van der Waals surface area contributed by atoms with Crippen molar-refractivity contribution in [3.63, 3.8) is 0 Å². The van der Waals surface area contributed by atoms with Gasteiger partial charge in [0, 0.05) is 17.8 Å². The van der Waals surface area contributed by atoms with Gasteiger partial charge in [-0.15, -0.1) is 0 Å². The van der Waals surface area contributed by atoms with Gasteiger partial charge in [-0.25, -0.2) is 4.98 Å². The predicted octanol–water partition coefficient (Wildman–Crippen LogP) is 2.22. The maximum absolute atomic E-state index is 6.09. The van der Waals surface area contributed by atoms with Crippen LogP contribution in [-0.2, 0) is 12.8 Å². The van der Waals surface area contributed by atoms with E-state index >= 15 is 0 Å². The van der Waals surface area contributed by atoms with Crippen molar-refractivity contribution < 1.29 is 4.74 Å². The molecule has 2 aliphatic carbocycles. The van der Waals surface area contributed by atoms with E-state index in [0.29, 0.717) is 0 Å². The number of nitrogens with zero attached hydrogens (tertiary/aromatic N) is 1. The first kappa shape index (κ1) is 11.0. The van der Waals surface area contributed by atoms with Crippen LogP contribution in [0.3, 0.4) is 0 Å². The van der Waals surface area contributed by atoms with Gasteiger partial charge in [0.25, 0.3) is 0 Å². The largest absolute Gasteiger partial charge is 0.473 e. The molecule has 17 heavy (non-hydrogen) atoms. The molecule has 1 saturated carbocycles. The van der Waals surface area contributed by atoms with Crippen LogP contribution in [0.15, 0.2) is 12.1 Å². The van der Waals surface area contributed by atoms with Gasteiger partial charge in [0.2, 0.25) is 5.88 Å². The molecule has 0 amide bonds. The standard InChI is InChI=1S/C14H20N2O/c15-11-5-1-2-7-13(11)17-14-9-8-10-4-3-6-12(10)16-14/h8-9,11,13H,1-7,15H2. The van der Waals surface area contributed by atoms with E-state index < -0.39 is 0 Å². The first-order valence-electron chi connectivity index (χ1n) is 6.74. The second-order valence-corrected chi connectivity index (χ2v) is 5.21. The Morgan fingerprint density at radius 1 is 1.12 bits per heavy atom. The maximum atomic E-state index is 6.09. The number of aromatic nitrogens is 1. The van der Waals surface area contributed by atoms with Gasteiger partial charge >= 0.3 is 0 Å². The Bertz CT molecular complexity index is 405. The number of hydrogen-bond acceptors (Lipinski definition) is 3. The molecule has 0 aromatic carbocycles. The van der Waals surface area contributed by atoms with E-state index in [1.165, 1.54) is 36.9 Å². The summed E-state index contributed by atoms with van der Waals surface area (Å²) in [5.41, 5.74) is 8.71. The highest BCUT2D eigenvalue weighted by Gasteiger charge is 2.24. The highest BCUT2D eigenvalue weighted by atomic mass is 16.5. The van der Waals surface area contributed by atoms with Gasteiger partial charge < -0.3 is 10.5 Å². The summed E-state index contributed by atoms with van der Waals surface area (Å²) < 4.78 is 5.96. The van der Waals surface area contributed by atoms with Crippen LogP contribution in [0.25, 0.3) is 0 Å². The normalized spacial score (nSPS) is 27.8. The Balaban J connectivity index is 1.72. The van der Waals surface area contributed by atoms with Crippen LogP contribution in [0.4, 0.5) is 0 Å². The summed E-state index contributed by atoms with van der Waals surface area (Å²) in [5.74, 6) is 0.771. The molecule has 0 spiro atoms. The minimum absolute atomic E-state index is 0.163. The van der Waals surface area contributed by atoms with Gasteiger partial charge in [0.15, 0.2) is 0 Å². The maximum Gasteiger partial charge on any atom is 0.213 e. The molecular formula is C14H20N2O. The smallest absolute Gasteiger partial charge is 0.213 e. The summed E-state index contributed by atoms with van der Waals surface area (Å²) >= 11 is 0. The van der Waals surface area contributed by atoms with Crippen LogP contribution < -0.4 is 10.5 Å². The zero-order valence-corrected chi connectivity index (χ0v) is 10.2. The molecule has 1 aromatic heterocycles. The molecule has 1 heterocycles. The molecule has 0 bridgehead atoms. The van der Waals surface area contributed by atoms with E-state index in [1.807, 2.05) is 6.07 Å². The first-order valence-corrected chi connectivity index (χ1v) is 6.74. The van der Waals surface area contributed by atoms with Crippen LogP contribution in [0, 0.1) is 0 Å². The number of ether oxygens (including phenoxy) is 1. The molecule has 0 aliphatic heterocycles. The van der Waals surface area contributed by atoms with Gasteiger partial charge in [-0.2, -0.15) is 0 Å². The summed E-state index contributed by atoms with van der Waals surface area (Å²) in [6.45, 7) is 0. The monoisotopic (exact) mass is 232 g/mol. The fourth-order valence-corrected chi connectivity index (χ4v) is 2.89. The van der Waals surface area contributed by atoms with Crippen molar-refractivity contribution in [3.8, 4) is 5.88 Å². The van der Waals surface area contributed by atoms with Crippen LogP contribution in [0.2, 0.25) is 0 Å². The second-order valence-electron chi connectivity index (χ2n) is 5.21.